The average Bonchev–Trinajstić information content (AvgIpc) is 3.05. The summed E-state index contributed by atoms with van der Waals surface area (Å²) in [6.45, 7) is 4.01. The summed E-state index contributed by atoms with van der Waals surface area (Å²) < 4.78 is 32.4. The third-order valence-corrected chi connectivity index (χ3v) is 4.35. The van der Waals surface area contributed by atoms with E-state index in [0.717, 1.165) is 16.7 Å². The zero-order chi connectivity index (χ0) is 20.1. The van der Waals surface area contributed by atoms with Gasteiger partial charge in [-0.2, -0.15) is 8.42 Å². The molecule has 0 radical (unpaired) electrons. The Hall–Kier alpha value is -3.39. The number of amides is 1. The lowest BCUT2D eigenvalue weighted by Crippen LogP contribution is -2.14. The van der Waals surface area contributed by atoms with E-state index in [2.05, 4.69) is 10.5 Å². The minimum atomic E-state index is -2.58. The van der Waals surface area contributed by atoms with Crippen molar-refractivity contribution in [1.82, 2.24) is 5.16 Å². The Morgan fingerprint density at radius 2 is 1.93 bits per heavy atom. The summed E-state index contributed by atoms with van der Waals surface area (Å²) >= 11 is 0. The smallest absolute Gasteiger partial charge is 0.263 e. The minimum Gasteiger partial charge on any atom is -0.492 e. The Morgan fingerprint density at radius 3 is 2.61 bits per heavy atom. The first-order valence-electron chi connectivity index (χ1n) is 8.52. The largest absolute Gasteiger partial charge is 0.492 e. The van der Waals surface area contributed by atoms with E-state index < -0.39 is 16.2 Å². The van der Waals surface area contributed by atoms with Crippen LogP contribution in [0.4, 0.5) is 5.69 Å². The van der Waals surface area contributed by atoms with Crippen molar-refractivity contribution in [2.24, 2.45) is 0 Å². The minimum absolute atomic E-state index is 0.368. The highest BCUT2D eigenvalue weighted by molar-refractivity contribution is 7.73. The zero-order valence-corrected chi connectivity index (χ0v) is 16.1. The maximum absolute atomic E-state index is 11.7. The highest BCUT2D eigenvalue weighted by Crippen LogP contribution is 2.38. The van der Waals surface area contributed by atoms with E-state index in [4.69, 9.17) is 9.26 Å². The summed E-state index contributed by atoms with van der Waals surface area (Å²) in [6.07, 6.45) is 0. The first kappa shape index (κ1) is 19.4. The SMILES string of the molecule is CCOc1cc(-c2c(-c3ccccc3)noc2C)ccc1NC(=O)C=S(=O)=O. The summed E-state index contributed by atoms with van der Waals surface area (Å²) in [5.41, 5.74) is 3.60. The van der Waals surface area contributed by atoms with Gasteiger partial charge in [0.05, 0.1) is 17.9 Å². The lowest BCUT2D eigenvalue weighted by atomic mass is 9.99. The third-order valence-electron chi connectivity index (χ3n) is 3.94. The van der Waals surface area contributed by atoms with Gasteiger partial charge < -0.3 is 14.6 Å². The van der Waals surface area contributed by atoms with Crippen LogP contribution in [0.25, 0.3) is 22.4 Å². The van der Waals surface area contributed by atoms with Gasteiger partial charge >= 0.3 is 0 Å². The van der Waals surface area contributed by atoms with Crippen molar-refractivity contribution in [1.29, 1.82) is 0 Å². The number of rotatable bonds is 6. The second-order valence-electron chi connectivity index (χ2n) is 5.84. The number of ether oxygens (including phenoxy) is 1. The number of benzene rings is 2. The molecule has 1 heterocycles. The molecule has 3 rings (SSSR count). The molecule has 0 spiro atoms. The third kappa shape index (κ3) is 4.29. The predicted molar refractivity (Wildman–Crippen MR) is 107 cm³/mol. The Bertz CT molecular complexity index is 1130. The lowest BCUT2D eigenvalue weighted by molar-refractivity contribution is -0.109. The van der Waals surface area contributed by atoms with E-state index in [0.29, 0.717) is 34.9 Å². The van der Waals surface area contributed by atoms with Crippen LogP contribution in [-0.4, -0.2) is 31.5 Å². The first-order valence-corrected chi connectivity index (χ1v) is 9.66. The van der Waals surface area contributed by atoms with E-state index in [1.54, 1.807) is 18.2 Å². The predicted octanol–water partition coefficient (Wildman–Crippen LogP) is 3.34. The number of aromatic nitrogens is 1. The fourth-order valence-corrected chi connectivity index (χ4v) is 3.04. The van der Waals surface area contributed by atoms with Crippen LogP contribution in [0.3, 0.4) is 0 Å². The van der Waals surface area contributed by atoms with E-state index in [9.17, 15) is 13.2 Å². The fraction of sp³-hybridized carbons (Fsp3) is 0.150. The number of hydrogen-bond acceptors (Lipinski definition) is 6. The van der Waals surface area contributed by atoms with E-state index >= 15 is 0 Å². The fourth-order valence-electron chi connectivity index (χ4n) is 2.81. The molecule has 0 bridgehead atoms. The van der Waals surface area contributed by atoms with Crippen molar-refractivity contribution in [3.8, 4) is 28.1 Å². The van der Waals surface area contributed by atoms with Crippen LogP contribution < -0.4 is 10.1 Å². The maximum Gasteiger partial charge on any atom is 0.263 e. The molecule has 0 atom stereocenters. The Morgan fingerprint density at radius 1 is 1.18 bits per heavy atom. The van der Waals surface area contributed by atoms with Crippen molar-refractivity contribution < 1.29 is 22.5 Å². The monoisotopic (exact) mass is 398 g/mol. The molecule has 0 unspecified atom stereocenters. The van der Waals surface area contributed by atoms with Crippen molar-refractivity contribution in [3.63, 3.8) is 0 Å². The number of anilines is 1. The van der Waals surface area contributed by atoms with Gasteiger partial charge in [-0.3, -0.25) is 4.79 Å². The Kier molecular flexibility index (Phi) is 5.90. The molecule has 144 valence electrons. The summed E-state index contributed by atoms with van der Waals surface area (Å²) in [5, 5.41) is 7.25. The highest BCUT2D eigenvalue weighted by atomic mass is 32.2. The molecule has 0 aliphatic rings. The molecule has 0 aliphatic carbocycles. The van der Waals surface area contributed by atoms with Gasteiger partial charge in [0.25, 0.3) is 5.91 Å². The van der Waals surface area contributed by atoms with Gasteiger partial charge in [0.15, 0.2) is 0 Å². The molecule has 1 aromatic heterocycles. The van der Waals surface area contributed by atoms with Crippen LogP contribution >= 0.6 is 0 Å². The van der Waals surface area contributed by atoms with Gasteiger partial charge in [-0.15, -0.1) is 0 Å². The van der Waals surface area contributed by atoms with Crippen LogP contribution in [-0.2, 0) is 15.1 Å². The number of nitrogens with zero attached hydrogens (tertiary/aromatic N) is 1. The van der Waals surface area contributed by atoms with Crippen LogP contribution in [0.2, 0.25) is 0 Å². The van der Waals surface area contributed by atoms with Crippen molar-refractivity contribution >= 4 is 27.3 Å². The molecule has 2 aromatic carbocycles. The standard InChI is InChI=1S/C20H18N2O5S/c1-3-26-17-11-15(9-10-16(17)21-18(23)12-28(24)25)19-13(2)27-22-20(19)14-7-5-4-6-8-14/h4-12H,3H2,1-2H3,(H,21,23). The average molecular weight is 398 g/mol. The van der Waals surface area contributed by atoms with Gasteiger partial charge in [0, 0.05) is 5.56 Å². The molecule has 1 N–H and O–H groups in total. The van der Waals surface area contributed by atoms with Crippen LogP contribution in [0.1, 0.15) is 12.7 Å². The molecular weight excluding hydrogens is 380 g/mol. The number of carbonyl (C=O) groups is 1. The second kappa shape index (κ2) is 8.53. The van der Waals surface area contributed by atoms with Gasteiger partial charge in [-0.1, -0.05) is 41.6 Å². The summed E-state index contributed by atoms with van der Waals surface area (Å²) in [4.78, 5) is 11.7. The number of hydrogen-bond donors (Lipinski definition) is 1. The zero-order valence-electron chi connectivity index (χ0n) is 15.3. The number of carbonyl (C=O) groups excluding carboxylic acids is 1. The lowest BCUT2D eigenvalue weighted by Gasteiger charge is -2.12. The topological polar surface area (TPSA) is 98.5 Å². The molecule has 8 heteroatoms. The normalized spacial score (nSPS) is 10.4. The van der Waals surface area contributed by atoms with Crippen LogP contribution in [0.5, 0.6) is 5.75 Å². The van der Waals surface area contributed by atoms with Gasteiger partial charge in [-0.25, -0.2) is 0 Å². The maximum atomic E-state index is 11.7. The molecule has 0 saturated carbocycles. The Labute approximate surface area is 163 Å². The summed E-state index contributed by atoms with van der Waals surface area (Å²) in [7, 11) is -2.58. The molecule has 1 amide bonds. The molecular formula is C20H18N2O5S. The van der Waals surface area contributed by atoms with E-state index in [-0.39, 0.29) is 0 Å². The molecule has 3 aromatic rings. The quantitative estimate of drug-likeness (QED) is 0.640. The van der Waals surface area contributed by atoms with Crippen molar-refractivity contribution in [3.05, 3.63) is 54.3 Å². The van der Waals surface area contributed by atoms with Crippen LogP contribution in [0, 0.1) is 6.92 Å². The van der Waals surface area contributed by atoms with Crippen molar-refractivity contribution in [2.45, 2.75) is 13.8 Å². The second-order valence-corrected chi connectivity index (χ2v) is 6.60. The van der Waals surface area contributed by atoms with Crippen LogP contribution in [0.15, 0.2) is 53.1 Å². The number of aryl methyl sites for hydroxylation is 1. The van der Waals surface area contributed by atoms with Crippen molar-refractivity contribution in [2.75, 3.05) is 11.9 Å². The van der Waals surface area contributed by atoms with Gasteiger partial charge in [-0.05, 0) is 31.5 Å². The summed E-state index contributed by atoms with van der Waals surface area (Å²) in [5.74, 6) is 0.305. The first-order chi connectivity index (χ1) is 13.5. The molecule has 0 aliphatic heterocycles. The van der Waals surface area contributed by atoms with E-state index in [1.807, 2.05) is 44.2 Å². The summed E-state index contributed by atoms with van der Waals surface area (Å²) in [6, 6.07) is 14.9. The molecule has 28 heavy (non-hydrogen) atoms. The molecule has 7 nitrogen and oxygen atoms in total. The number of nitrogens with one attached hydrogen (secondary N) is 1. The molecule has 0 saturated heterocycles. The Balaban J connectivity index is 2.05. The van der Waals surface area contributed by atoms with E-state index in [1.165, 1.54) is 0 Å². The van der Waals surface area contributed by atoms with Gasteiger partial charge in [0.2, 0.25) is 10.3 Å². The van der Waals surface area contributed by atoms with Gasteiger partial charge in [0.1, 0.15) is 22.6 Å². The molecule has 0 fully saturated rings. The highest BCUT2D eigenvalue weighted by Gasteiger charge is 2.18.